The van der Waals surface area contributed by atoms with Crippen molar-refractivity contribution in [1.29, 1.82) is 0 Å². The summed E-state index contributed by atoms with van der Waals surface area (Å²) in [5, 5.41) is 3.37. The van der Waals surface area contributed by atoms with Crippen LogP contribution in [0.15, 0.2) is 83.8 Å². The lowest BCUT2D eigenvalue weighted by Gasteiger charge is -2.32. The summed E-state index contributed by atoms with van der Waals surface area (Å²) in [7, 11) is -4.10. The molecule has 0 aliphatic heterocycles. The lowest BCUT2D eigenvalue weighted by molar-refractivity contribution is -0.139. The Kier molecular flexibility index (Phi) is 9.94. The Morgan fingerprint density at radius 2 is 1.61 bits per heavy atom. The van der Waals surface area contributed by atoms with Crippen molar-refractivity contribution in [2.24, 2.45) is 0 Å². The van der Waals surface area contributed by atoms with E-state index in [1.165, 1.54) is 17.0 Å². The van der Waals surface area contributed by atoms with Gasteiger partial charge in [-0.1, -0.05) is 66.6 Å². The van der Waals surface area contributed by atoms with Gasteiger partial charge in [-0.25, -0.2) is 8.42 Å². The highest BCUT2D eigenvalue weighted by atomic mass is 35.5. The van der Waals surface area contributed by atoms with Crippen molar-refractivity contribution in [2.75, 3.05) is 10.8 Å². The van der Waals surface area contributed by atoms with Crippen molar-refractivity contribution in [3.63, 3.8) is 0 Å². The Hall–Kier alpha value is -3.36. The highest BCUT2D eigenvalue weighted by Crippen LogP contribution is 2.26. The first-order valence-corrected chi connectivity index (χ1v) is 14.3. The van der Waals surface area contributed by atoms with Crippen molar-refractivity contribution in [2.45, 2.75) is 57.6 Å². The normalized spacial score (nSPS) is 12.9. The van der Waals surface area contributed by atoms with E-state index in [4.69, 9.17) is 11.6 Å². The maximum atomic E-state index is 13.9. The molecule has 1 N–H and O–H groups in total. The molecule has 3 aromatic carbocycles. The molecule has 0 bridgehead atoms. The number of aryl methyl sites for hydroxylation is 1. The summed E-state index contributed by atoms with van der Waals surface area (Å²) in [5.74, 6) is -0.808. The fourth-order valence-corrected chi connectivity index (χ4v) is 5.47. The van der Waals surface area contributed by atoms with Gasteiger partial charge in [0.05, 0.1) is 10.6 Å². The molecule has 0 aliphatic rings. The Balaban J connectivity index is 2.01. The average molecular weight is 556 g/mol. The molecule has 9 heteroatoms. The minimum atomic E-state index is -4.10. The highest BCUT2D eigenvalue weighted by Gasteiger charge is 2.32. The zero-order chi connectivity index (χ0) is 27.9. The van der Waals surface area contributed by atoms with E-state index in [1.807, 2.05) is 45.0 Å². The van der Waals surface area contributed by atoms with E-state index < -0.39 is 28.5 Å². The molecule has 3 rings (SSSR count). The number of carbonyl (C=O) groups excluding carboxylic acids is 2. The van der Waals surface area contributed by atoms with Gasteiger partial charge in [-0.05, 0) is 69.2 Å². The van der Waals surface area contributed by atoms with E-state index in [0.717, 1.165) is 21.9 Å². The molecule has 0 spiro atoms. The van der Waals surface area contributed by atoms with Crippen LogP contribution in [0.25, 0.3) is 0 Å². The molecule has 38 heavy (non-hydrogen) atoms. The Morgan fingerprint density at radius 3 is 2.21 bits per heavy atom. The standard InChI is InChI=1S/C29H34ClN3O4S/c1-5-22(3)31-29(35)23(4)32(19-24-11-9-10-21(2)18-24)28(34)20-33(26-16-14-25(30)15-17-26)38(36,37)27-12-7-6-8-13-27/h6-18,22-23H,5,19-20H2,1-4H3,(H,31,35)/t22-,23+/m0/s1. The number of hydrogen-bond donors (Lipinski definition) is 1. The van der Waals surface area contributed by atoms with Gasteiger partial charge in [0, 0.05) is 17.6 Å². The van der Waals surface area contributed by atoms with Crippen molar-refractivity contribution >= 4 is 39.1 Å². The second-order valence-corrected chi connectivity index (χ2v) is 11.6. The molecule has 0 saturated carbocycles. The van der Waals surface area contributed by atoms with E-state index in [-0.39, 0.29) is 23.4 Å². The average Bonchev–Trinajstić information content (AvgIpc) is 2.90. The van der Waals surface area contributed by atoms with Crippen molar-refractivity contribution in [1.82, 2.24) is 10.2 Å². The van der Waals surface area contributed by atoms with E-state index in [9.17, 15) is 18.0 Å². The molecule has 0 aliphatic carbocycles. The van der Waals surface area contributed by atoms with Gasteiger partial charge in [0.25, 0.3) is 10.0 Å². The van der Waals surface area contributed by atoms with Gasteiger partial charge < -0.3 is 10.2 Å². The minimum Gasteiger partial charge on any atom is -0.352 e. The maximum Gasteiger partial charge on any atom is 0.264 e. The molecule has 0 radical (unpaired) electrons. The molecule has 2 amide bonds. The largest absolute Gasteiger partial charge is 0.352 e. The van der Waals surface area contributed by atoms with Crippen LogP contribution in [-0.4, -0.2) is 43.8 Å². The quantitative estimate of drug-likeness (QED) is 0.353. The first-order valence-electron chi connectivity index (χ1n) is 12.5. The number of sulfonamides is 1. The van der Waals surface area contributed by atoms with Gasteiger partial charge in [-0.2, -0.15) is 0 Å². The molecular formula is C29H34ClN3O4S. The summed E-state index contributed by atoms with van der Waals surface area (Å²) in [6.07, 6.45) is 0.740. The van der Waals surface area contributed by atoms with E-state index >= 15 is 0 Å². The first kappa shape index (κ1) is 29.2. The Morgan fingerprint density at radius 1 is 0.947 bits per heavy atom. The SMILES string of the molecule is CC[C@H](C)NC(=O)[C@@H](C)N(Cc1cccc(C)c1)C(=O)CN(c1ccc(Cl)cc1)S(=O)(=O)c1ccccc1. The lowest BCUT2D eigenvalue weighted by Crippen LogP contribution is -2.52. The zero-order valence-corrected chi connectivity index (χ0v) is 23.7. The first-order chi connectivity index (χ1) is 18.0. The van der Waals surface area contributed by atoms with E-state index in [2.05, 4.69) is 5.32 Å². The van der Waals surface area contributed by atoms with Gasteiger partial charge >= 0.3 is 0 Å². The van der Waals surface area contributed by atoms with Crippen LogP contribution >= 0.6 is 11.6 Å². The van der Waals surface area contributed by atoms with Crippen LogP contribution in [0.5, 0.6) is 0 Å². The van der Waals surface area contributed by atoms with Crippen LogP contribution in [0.4, 0.5) is 5.69 Å². The predicted molar refractivity (Wildman–Crippen MR) is 152 cm³/mol. The Labute approximate surface area is 230 Å². The van der Waals surface area contributed by atoms with Crippen molar-refractivity contribution in [3.8, 4) is 0 Å². The molecule has 202 valence electrons. The summed E-state index contributed by atoms with van der Waals surface area (Å²) in [4.78, 5) is 28.4. The van der Waals surface area contributed by atoms with Crippen LogP contribution in [0.2, 0.25) is 5.02 Å². The summed E-state index contributed by atoms with van der Waals surface area (Å²) in [6.45, 7) is 7.12. The van der Waals surface area contributed by atoms with Gasteiger partial charge in [0.2, 0.25) is 11.8 Å². The number of nitrogens with one attached hydrogen (secondary N) is 1. The number of carbonyl (C=O) groups is 2. The number of nitrogens with zero attached hydrogens (tertiary/aromatic N) is 2. The summed E-state index contributed by atoms with van der Waals surface area (Å²) >= 11 is 6.05. The Bertz CT molecular complexity index is 1350. The number of rotatable bonds is 11. The summed E-state index contributed by atoms with van der Waals surface area (Å²) in [6, 6.07) is 20.9. The third-order valence-electron chi connectivity index (χ3n) is 6.33. The van der Waals surface area contributed by atoms with Crippen LogP contribution in [0, 0.1) is 6.92 Å². The smallest absolute Gasteiger partial charge is 0.264 e. The topological polar surface area (TPSA) is 86.8 Å². The minimum absolute atomic E-state index is 0.0514. The third-order valence-corrected chi connectivity index (χ3v) is 8.37. The number of hydrogen-bond acceptors (Lipinski definition) is 4. The number of benzene rings is 3. The molecule has 0 unspecified atom stereocenters. The third kappa shape index (κ3) is 7.36. The van der Waals surface area contributed by atoms with Gasteiger partial charge in [-0.15, -0.1) is 0 Å². The van der Waals surface area contributed by atoms with Gasteiger partial charge in [0.1, 0.15) is 12.6 Å². The maximum absolute atomic E-state index is 13.9. The van der Waals surface area contributed by atoms with E-state index in [1.54, 1.807) is 49.4 Å². The number of amides is 2. The van der Waals surface area contributed by atoms with Crippen molar-refractivity contribution in [3.05, 3.63) is 95.0 Å². The molecule has 0 saturated heterocycles. The van der Waals surface area contributed by atoms with Gasteiger partial charge in [-0.3, -0.25) is 13.9 Å². The summed E-state index contributed by atoms with van der Waals surface area (Å²) < 4.78 is 28.5. The van der Waals surface area contributed by atoms with Gasteiger partial charge in [0.15, 0.2) is 0 Å². The van der Waals surface area contributed by atoms with Crippen LogP contribution in [0.3, 0.4) is 0 Å². The zero-order valence-electron chi connectivity index (χ0n) is 22.1. The number of anilines is 1. The lowest BCUT2D eigenvalue weighted by atomic mass is 10.1. The highest BCUT2D eigenvalue weighted by molar-refractivity contribution is 7.92. The fourth-order valence-electron chi connectivity index (χ4n) is 3.91. The molecule has 2 atom stereocenters. The fraction of sp³-hybridized carbons (Fsp3) is 0.310. The molecule has 0 aromatic heterocycles. The van der Waals surface area contributed by atoms with Crippen LogP contribution < -0.4 is 9.62 Å². The molecular weight excluding hydrogens is 522 g/mol. The van der Waals surface area contributed by atoms with Crippen molar-refractivity contribution < 1.29 is 18.0 Å². The monoisotopic (exact) mass is 555 g/mol. The van der Waals surface area contributed by atoms with Crippen LogP contribution in [-0.2, 0) is 26.2 Å². The second-order valence-electron chi connectivity index (χ2n) is 9.31. The summed E-state index contributed by atoms with van der Waals surface area (Å²) in [5.41, 5.74) is 2.14. The molecule has 3 aromatic rings. The molecule has 7 nitrogen and oxygen atoms in total. The predicted octanol–water partition coefficient (Wildman–Crippen LogP) is 5.18. The van der Waals surface area contributed by atoms with Crippen LogP contribution in [0.1, 0.15) is 38.3 Å². The number of halogens is 1. The van der Waals surface area contributed by atoms with E-state index in [0.29, 0.717) is 10.7 Å². The second kappa shape index (κ2) is 12.9. The molecule has 0 fully saturated rings. The molecule has 0 heterocycles.